The van der Waals surface area contributed by atoms with Crippen molar-refractivity contribution < 1.29 is 19.4 Å². The van der Waals surface area contributed by atoms with E-state index >= 15 is 0 Å². The number of carbonyl (C=O) groups excluding carboxylic acids is 2. The Balaban J connectivity index is 2.67. The molecule has 0 heterocycles. The second-order valence-electron chi connectivity index (χ2n) is 4.91. The number of anilines is 2. The molecule has 0 fully saturated rings. The molecule has 0 spiro atoms. The third-order valence-electron chi connectivity index (χ3n) is 1.94. The lowest BCUT2D eigenvalue weighted by molar-refractivity contribution is -0.118. The molecule has 0 aliphatic rings. The maximum atomic E-state index is 11.6. The van der Waals surface area contributed by atoms with Gasteiger partial charge in [-0.1, -0.05) is 6.07 Å². The molecule has 0 aromatic heterocycles. The van der Waals surface area contributed by atoms with Crippen LogP contribution in [0.1, 0.15) is 20.8 Å². The van der Waals surface area contributed by atoms with E-state index < -0.39 is 24.2 Å². The van der Waals surface area contributed by atoms with Crippen molar-refractivity contribution >= 4 is 23.4 Å². The Bertz CT molecular complexity index is 466. The van der Waals surface area contributed by atoms with E-state index in [0.717, 1.165) is 0 Å². The zero-order valence-corrected chi connectivity index (χ0v) is 11.2. The van der Waals surface area contributed by atoms with Crippen molar-refractivity contribution in [2.24, 2.45) is 0 Å². The zero-order valence-electron chi connectivity index (χ0n) is 11.2. The van der Waals surface area contributed by atoms with Crippen LogP contribution in [-0.2, 0) is 9.53 Å². The first-order chi connectivity index (χ1) is 8.80. The molecule has 6 heteroatoms. The first kappa shape index (κ1) is 15.0. The lowest BCUT2D eigenvalue weighted by Gasteiger charge is -2.19. The summed E-state index contributed by atoms with van der Waals surface area (Å²) in [6.07, 6.45) is -0.571. The van der Waals surface area contributed by atoms with Gasteiger partial charge in [0, 0.05) is 11.4 Å². The van der Waals surface area contributed by atoms with Crippen LogP contribution in [0.2, 0.25) is 0 Å². The molecule has 0 aliphatic carbocycles. The quantitative estimate of drug-likeness (QED) is 0.780. The summed E-state index contributed by atoms with van der Waals surface area (Å²) in [5, 5.41) is 13.7. The van der Waals surface area contributed by atoms with Crippen molar-refractivity contribution in [3.63, 3.8) is 0 Å². The number of aliphatic hydroxyl groups excluding tert-OH is 1. The van der Waals surface area contributed by atoms with Gasteiger partial charge in [0.25, 0.3) is 0 Å². The number of aliphatic hydroxyl groups is 1. The minimum atomic E-state index is -0.594. The van der Waals surface area contributed by atoms with Gasteiger partial charge in [-0.05, 0) is 39.0 Å². The molecular weight excluding hydrogens is 248 g/mol. The molecule has 0 radical (unpaired) electrons. The highest BCUT2D eigenvalue weighted by Crippen LogP contribution is 2.16. The first-order valence-electron chi connectivity index (χ1n) is 5.81. The van der Waals surface area contributed by atoms with Crippen LogP contribution < -0.4 is 10.6 Å². The summed E-state index contributed by atoms with van der Waals surface area (Å²) in [6, 6.07) is 6.55. The van der Waals surface area contributed by atoms with Crippen LogP contribution in [0.5, 0.6) is 0 Å². The summed E-state index contributed by atoms with van der Waals surface area (Å²) in [5.41, 5.74) is 0.393. The second-order valence-corrected chi connectivity index (χ2v) is 4.91. The fourth-order valence-corrected chi connectivity index (χ4v) is 1.30. The van der Waals surface area contributed by atoms with Crippen LogP contribution in [0.4, 0.5) is 16.2 Å². The van der Waals surface area contributed by atoms with Crippen molar-refractivity contribution in [3.05, 3.63) is 24.3 Å². The largest absolute Gasteiger partial charge is 0.444 e. The SMILES string of the molecule is CC(C)(C)OC(=O)Nc1cccc(NC(=O)CO)c1. The van der Waals surface area contributed by atoms with E-state index in [9.17, 15) is 9.59 Å². The molecule has 3 N–H and O–H groups in total. The fraction of sp³-hybridized carbons (Fsp3) is 0.385. The Kier molecular flexibility index (Phi) is 4.88. The first-order valence-corrected chi connectivity index (χ1v) is 5.81. The number of rotatable bonds is 3. The van der Waals surface area contributed by atoms with Crippen LogP contribution in [-0.4, -0.2) is 29.3 Å². The summed E-state index contributed by atoms with van der Waals surface area (Å²) in [6.45, 7) is 4.71. The molecule has 0 saturated heterocycles. The van der Waals surface area contributed by atoms with Gasteiger partial charge in [0.15, 0.2) is 0 Å². The lowest BCUT2D eigenvalue weighted by atomic mass is 10.2. The van der Waals surface area contributed by atoms with Crippen molar-refractivity contribution in [2.75, 3.05) is 17.2 Å². The molecular formula is C13H18N2O4. The van der Waals surface area contributed by atoms with Crippen molar-refractivity contribution in [2.45, 2.75) is 26.4 Å². The Morgan fingerprint density at radius 1 is 1.21 bits per heavy atom. The van der Waals surface area contributed by atoms with Crippen LogP contribution in [0, 0.1) is 0 Å². The number of amides is 2. The lowest BCUT2D eigenvalue weighted by Crippen LogP contribution is -2.27. The van der Waals surface area contributed by atoms with Crippen molar-refractivity contribution in [1.82, 2.24) is 0 Å². The third kappa shape index (κ3) is 5.87. The van der Waals surface area contributed by atoms with Gasteiger partial charge in [-0.3, -0.25) is 10.1 Å². The van der Waals surface area contributed by atoms with E-state index in [-0.39, 0.29) is 0 Å². The van der Waals surface area contributed by atoms with Crippen molar-refractivity contribution in [1.29, 1.82) is 0 Å². The maximum absolute atomic E-state index is 11.6. The number of benzene rings is 1. The fourth-order valence-electron chi connectivity index (χ4n) is 1.30. The van der Waals surface area contributed by atoms with Gasteiger partial charge in [0.1, 0.15) is 12.2 Å². The van der Waals surface area contributed by atoms with Gasteiger partial charge in [0.05, 0.1) is 0 Å². The molecule has 1 aromatic rings. The predicted octanol–water partition coefficient (Wildman–Crippen LogP) is 1.96. The molecule has 0 unspecified atom stereocenters. The molecule has 0 atom stereocenters. The van der Waals surface area contributed by atoms with E-state index in [0.29, 0.717) is 11.4 Å². The molecule has 1 aromatic carbocycles. The van der Waals surface area contributed by atoms with E-state index in [4.69, 9.17) is 9.84 Å². The highest BCUT2D eigenvalue weighted by Gasteiger charge is 2.16. The van der Waals surface area contributed by atoms with E-state index in [1.807, 2.05) is 0 Å². The number of nitrogens with one attached hydrogen (secondary N) is 2. The number of hydrogen-bond donors (Lipinski definition) is 3. The molecule has 6 nitrogen and oxygen atoms in total. The highest BCUT2D eigenvalue weighted by molar-refractivity contribution is 5.93. The van der Waals surface area contributed by atoms with E-state index in [2.05, 4.69) is 10.6 Å². The van der Waals surface area contributed by atoms with E-state index in [1.54, 1.807) is 45.0 Å². The summed E-state index contributed by atoms with van der Waals surface area (Å²) in [5.74, 6) is -0.519. The molecule has 19 heavy (non-hydrogen) atoms. The Morgan fingerprint density at radius 2 is 1.79 bits per heavy atom. The summed E-state index contributed by atoms with van der Waals surface area (Å²) in [4.78, 5) is 22.6. The Labute approximate surface area is 111 Å². The molecule has 0 bridgehead atoms. The minimum absolute atomic E-state index is 0.479. The van der Waals surface area contributed by atoms with Gasteiger partial charge in [0.2, 0.25) is 5.91 Å². The zero-order chi connectivity index (χ0) is 14.5. The summed E-state index contributed by atoms with van der Waals surface area (Å²) >= 11 is 0. The van der Waals surface area contributed by atoms with Gasteiger partial charge >= 0.3 is 6.09 Å². The smallest absolute Gasteiger partial charge is 0.412 e. The monoisotopic (exact) mass is 266 g/mol. The molecule has 1 rings (SSSR count). The second kappa shape index (κ2) is 6.19. The van der Waals surface area contributed by atoms with E-state index in [1.165, 1.54) is 0 Å². The average molecular weight is 266 g/mol. The van der Waals surface area contributed by atoms with Gasteiger partial charge in [-0.25, -0.2) is 4.79 Å². The average Bonchev–Trinajstić information content (AvgIpc) is 2.26. The molecule has 0 aliphatic heterocycles. The third-order valence-corrected chi connectivity index (χ3v) is 1.94. The topological polar surface area (TPSA) is 87.7 Å². The standard InChI is InChI=1S/C13H18N2O4/c1-13(2,3)19-12(18)15-10-6-4-5-9(7-10)14-11(17)8-16/h4-7,16H,8H2,1-3H3,(H,14,17)(H,15,18). The van der Waals surface area contributed by atoms with Crippen LogP contribution in [0.25, 0.3) is 0 Å². The molecule has 104 valence electrons. The molecule has 0 saturated carbocycles. The normalized spacial score (nSPS) is 10.7. The minimum Gasteiger partial charge on any atom is -0.444 e. The molecule has 2 amide bonds. The van der Waals surface area contributed by atoms with Gasteiger partial charge < -0.3 is 15.2 Å². The van der Waals surface area contributed by atoms with Gasteiger partial charge in [-0.15, -0.1) is 0 Å². The Morgan fingerprint density at radius 3 is 2.32 bits per heavy atom. The van der Waals surface area contributed by atoms with Crippen LogP contribution in [0.3, 0.4) is 0 Å². The number of ether oxygens (including phenoxy) is 1. The maximum Gasteiger partial charge on any atom is 0.412 e. The van der Waals surface area contributed by atoms with Gasteiger partial charge in [-0.2, -0.15) is 0 Å². The Hall–Kier alpha value is -2.08. The summed E-state index contributed by atoms with van der Waals surface area (Å²) in [7, 11) is 0. The predicted molar refractivity (Wildman–Crippen MR) is 72.0 cm³/mol. The highest BCUT2D eigenvalue weighted by atomic mass is 16.6. The number of carbonyl (C=O) groups is 2. The van der Waals surface area contributed by atoms with Crippen LogP contribution in [0.15, 0.2) is 24.3 Å². The van der Waals surface area contributed by atoms with Crippen molar-refractivity contribution in [3.8, 4) is 0 Å². The summed E-state index contributed by atoms with van der Waals surface area (Å²) < 4.78 is 5.11. The van der Waals surface area contributed by atoms with Crippen LogP contribution >= 0.6 is 0 Å². The number of hydrogen-bond acceptors (Lipinski definition) is 4.